The van der Waals surface area contributed by atoms with Crippen molar-refractivity contribution in [1.29, 1.82) is 0 Å². The molecule has 0 unspecified atom stereocenters. The molecule has 1 aromatic carbocycles. The highest BCUT2D eigenvalue weighted by molar-refractivity contribution is 5.76. The minimum absolute atomic E-state index is 0.0781. The Morgan fingerprint density at radius 1 is 1.20 bits per heavy atom. The van der Waals surface area contributed by atoms with Crippen LogP contribution in [-0.2, 0) is 16.0 Å². The number of benzene rings is 1. The summed E-state index contributed by atoms with van der Waals surface area (Å²) in [7, 11) is 0. The van der Waals surface area contributed by atoms with E-state index in [1.165, 1.54) is 16.8 Å². The lowest BCUT2D eigenvalue weighted by atomic mass is 9.77. The van der Waals surface area contributed by atoms with E-state index in [1.54, 1.807) is 6.92 Å². The standard InChI is InChI=1S/C25H31N5O5/c1-24(34)16-35-25(15-19(24)30-12-9-21(31)28-23(30)33)10-13-29(14-11-25)22(32)8-4-7-20-26-17-5-2-3-6-18(17)27-20/h2-3,5-6,9,12,19,34H,4,7-8,10-11,13-16H2,1H3,(H,26,27)(H,28,31,33)/t19-,24-/m0/s1. The summed E-state index contributed by atoms with van der Waals surface area (Å²) >= 11 is 0. The van der Waals surface area contributed by atoms with Gasteiger partial charge in [-0.25, -0.2) is 9.78 Å². The van der Waals surface area contributed by atoms with Crippen LogP contribution in [0.25, 0.3) is 11.0 Å². The summed E-state index contributed by atoms with van der Waals surface area (Å²) in [6, 6.07) is 8.63. The highest BCUT2D eigenvalue weighted by Crippen LogP contribution is 2.43. The number of hydrogen-bond donors (Lipinski definition) is 3. The molecular weight excluding hydrogens is 450 g/mol. The molecule has 2 atom stereocenters. The summed E-state index contributed by atoms with van der Waals surface area (Å²) in [4.78, 5) is 48.7. The Bertz CT molecular complexity index is 1300. The Kier molecular flexibility index (Phi) is 6.10. The molecule has 0 radical (unpaired) electrons. The van der Waals surface area contributed by atoms with Gasteiger partial charge < -0.3 is 19.7 Å². The molecule has 0 bridgehead atoms. The molecule has 5 rings (SSSR count). The SMILES string of the molecule is C[C@]1(O)COC2(CCN(C(=O)CCCc3nc4ccccc4[nH]3)CC2)C[C@@H]1n1ccc(=O)[nH]c1=O. The summed E-state index contributed by atoms with van der Waals surface area (Å²) < 4.78 is 7.54. The van der Waals surface area contributed by atoms with Crippen molar-refractivity contribution in [3.63, 3.8) is 0 Å². The fraction of sp³-hybridized carbons (Fsp3) is 0.520. The van der Waals surface area contributed by atoms with E-state index >= 15 is 0 Å². The molecule has 2 saturated heterocycles. The predicted octanol–water partition coefficient (Wildman–Crippen LogP) is 1.51. The molecule has 3 N–H and O–H groups in total. The van der Waals surface area contributed by atoms with Crippen LogP contribution < -0.4 is 11.2 Å². The molecule has 3 aromatic rings. The van der Waals surface area contributed by atoms with Crippen LogP contribution in [0.1, 0.15) is 50.9 Å². The van der Waals surface area contributed by atoms with Gasteiger partial charge in [-0.15, -0.1) is 0 Å². The number of H-pyrrole nitrogens is 2. The summed E-state index contributed by atoms with van der Waals surface area (Å²) in [6.07, 6.45) is 5.01. The monoisotopic (exact) mass is 481 g/mol. The third kappa shape index (κ3) is 4.81. The zero-order valence-electron chi connectivity index (χ0n) is 19.8. The zero-order chi connectivity index (χ0) is 24.6. The number of amides is 1. The Balaban J connectivity index is 1.17. The summed E-state index contributed by atoms with van der Waals surface area (Å²) in [5.41, 5.74) is -0.852. The highest BCUT2D eigenvalue weighted by atomic mass is 16.5. The number of aromatic amines is 2. The number of aromatic nitrogens is 4. The van der Waals surface area contributed by atoms with E-state index < -0.39 is 28.5 Å². The number of fused-ring (bicyclic) bond motifs is 1. The van der Waals surface area contributed by atoms with E-state index in [1.807, 2.05) is 29.2 Å². The summed E-state index contributed by atoms with van der Waals surface area (Å²) in [5, 5.41) is 10.9. The first-order chi connectivity index (χ1) is 16.7. The third-order valence-corrected chi connectivity index (χ3v) is 7.41. The molecule has 1 amide bonds. The molecule has 2 aliphatic heterocycles. The largest absolute Gasteiger partial charge is 0.386 e. The predicted molar refractivity (Wildman–Crippen MR) is 129 cm³/mol. The van der Waals surface area contributed by atoms with Crippen LogP contribution in [0.3, 0.4) is 0 Å². The Morgan fingerprint density at radius 2 is 1.97 bits per heavy atom. The first kappa shape index (κ1) is 23.5. The van der Waals surface area contributed by atoms with Gasteiger partial charge in [-0.2, -0.15) is 0 Å². The zero-order valence-corrected chi connectivity index (χ0v) is 19.8. The Morgan fingerprint density at radius 3 is 2.71 bits per heavy atom. The normalized spacial score (nSPS) is 24.2. The highest BCUT2D eigenvalue weighted by Gasteiger charge is 2.49. The molecule has 186 valence electrons. The van der Waals surface area contributed by atoms with E-state index in [9.17, 15) is 19.5 Å². The molecule has 1 spiro atoms. The Labute approximate surface area is 201 Å². The number of rotatable bonds is 5. The maximum absolute atomic E-state index is 12.8. The van der Waals surface area contributed by atoms with E-state index in [-0.39, 0.29) is 12.5 Å². The molecule has 2 aliphatic rings. The van der Waals surface area contributed by atoms with Gasteiger partial charge in [0.15, 0.2) is 0 Å². The third-order valence-electron chi connectivity index (χ3n) is 7.41. The number of piperidine rings is 1. The quantitative estimate of drug-likeness (QED) is 0.506. The van der Waals surface area contributed by atoms with Crippen LogP contribution in [0, 0.1) is 0 Å². The van der Waals surface area contributed by atoms with E-state index in [0.29, 0.717) is 45.2 Å². The topological polar surface area (TPSA) is 133 Å². The maximum Gasteiger partial charge on any atom is 0.328 e. The van der Waals surface area contributed by atoms with Crippen molar-refractivity contribution in [3.8, 4) is 0 Å². The average Bonchev–Trinajstić information content (AvgIpc) is 3.24. The molecule has 0 aliphatic carbocycles. The lowest BCUT2D eigenvalue weighted by Gasteiger charge is -2.51. The average molecular weight is 482 g/mol. The minimum atomic E-state index is -1.25. The number of hydrogen-bond acceptors (Lipinski definition) is 6. The molecule has 35 heavy (non-hydrogen) atoms. The van der Waals surface area contributed by atoms with Gasteiger partial charge in [0.1, 0.15) is 11.4 Å². The van der Waals surface area contributed by atoms with Gasteiger partial charge >= 0.3 is 5.69 Å². The number of carbonyl (C=O) groups is 1. The molecule has 2 fully saturated rings. The fourth-order valence-electron chi connectivity index (χ4n) is 5.30. The number of carbonyl (C=O) groups excluding carboxylic acids is 1. The number of likely N-dealkylation sites (tertiary alicyclic amines) is 1. The van der Waals surface area contributed by atoms with E-state index in [0.717, 1.165) is 23.3 Å². The maximum atomic E-state index is 12.8. The Hall–Kier alpha value is -3.24. The number of nitrogens with zero attached hydrogens (tertiary/aromatic N) is 3. The van der Waals surface area contributed by atoms with Crippen molar-refractivity contribution >= 4 is 16.9 Å². The number of imidazole rings is 1. The second-order valence-electron chi connectivity index (χ2n) is 10.0. The van der Waals surface area contributed by atoms with Gasteiger partial charge in [0.25, 0.3) is 5.56 Å². The number of aryl methyl sites for hydroxylation is 1. The van der Waals surface area contributed by atoms with Gasteiger partial charge in [0, 0.05) is 44.6 Å². The van der Waals surface area contributed by atoms with Crippen molar-refractivity contribution in [2.45, 2.75) is 62.7 Å². The van der Waals surface area contributed by atoms with Gasteiger partial charge in [-0.05, 0) is 38.3 Å². The molecule has 10 heteroatoms. The van der Waals surface area contributed by atoms with Crippen molar-refractivity contribution < 1.29 is 14.6 Å². The van der Waals surface area contributed by atoms with Gasteiger partial charge in [0.2, 0.25) is 5.91 Å². The molecule has 4 heterocycles. The van der Waals surface area contributed by atoms with Crippen molar-refractivity contribution in [2.75, 3.05) is 19.7 Å². The van der Waals surface area contributed by atoms with Gasteiger partial charge in [-0.3, -0.25) is 19.1 Å². The smallest absolute Gasteiger partial charge is 0.328 e. The number of ether oxygens (including phenoxy) is 1. The lowest BCUT2D eigenvalue weighted by Crippen LogP contribution is -2.58. The van der Waals surface area contributed by atoms with Gasteiger partial charge in [-0.1, -0.05) is 12.1 Å². The van der Waals surface area contributed by atoms with Crippen LogP contribution in [0.2, 0.25) is 0 Å². The first-order valence-corrected chi connectivity index (χ1v) is 12.1. The molecule has 2 aromatic heterocycles. The van der Waals surface area contributed by atoms with Crippen LogP contribution in [0.4, 0.5) is 0 Å². The van der Waals surface area contributed by atoms with Crippen LogP contribution in [-0.4, -0.2) is 66.3 Å². The number of aliphatic hydroxyl groups is 1. The van der Waals surface area contributed by atoms with Crippen LogP contribution in [0.15, 0.2) is 46.1 Å². The second-order valence-corrected chi connectivity index (χ2v) is 10.0. The second kappa shape index (κ2) is 9.09. The molecule has 0 saturated carbocycles. The summed E-state index contributed by atoms with van der Waals surface area (Å²) in [6.45, 7) is 2.86. The van der Waals surface area contributed by atoms with Crippen LogP contribution in [0.5, 0.6) is 0 Å². The first-order valence-electron chi connectivity index (χ1n) is 12.1. The van der Waals surface area contributed by atoms with E-state index in [2.05, 4.69) is 15.0 Å². The fourth-order valence-corrected chi connectivity index (χ4v) is 5.30. The van der Waals surface area contributed by atoms with Crippen molar-refractivity contribution in [2.24, 2.45) is 0 Å². The van der Waals surface area contributed by atoms with E-state index in [4.69, 9.17) is 4.74 Å². The summed E-state index contributed by atoms with van der Waals surface area (Å²) in [5.74, 6) is 1.01. The number of nitrogens with one attached hydrogen (secondary N) is 2. The lowest BCUT2D eigenvalue weighted by molar-refractivity contribution is -0.202. The molecular formula is C25H31N5O5. The number of para-hydroxylation sites is 2. The molecule has 10 nitrogen and oxygen atoms in total. The minimum Gasteiger partial charge on any atom is -0.386 e. The van der Waals surface area contributed by atoms with Crippen LogP contribution >= 0.6 is 0 Å². The van der Waals surface area contributed by atoms with Crippen molar-refractivity contribution in [1.82, 2.24) is 24.4 Å². The van der Waals surface area contributed by atoms with Crippen molar-refractivity contribution in [3.05, 3.63) is 63.2 Å². The van der Waals surface area contributed by atoms with Gasteiger partial charge in [0.05, 0.1) is 29.3 Å².